The molecule has 10 aliphatic carbocycles. The summed E-state index contributed by atoms with van der Waals surface area (Å²) in [6.45, 7) is 38.4. The molecule has 0 aromatic rings. The summed E-state index contributed by atoms with van der Waals surface area (Å²) in [5, 5.41) is 26.3. The summed E-state index contributed by atoms with van der Waals surface area (Å²) in [5.74, 6) is 15.2. The van der Waals surface area contributed by atoms with Gasteiger partial charge in [-0.05, 0) is 264 Å². The molecule has 2 N–H and O–H groups in total. The van der Waals surface area contributed by atoms with Crippen LogP contribution in [0.15, 0.2) is 0 Å². The molecule has 13 nitrogen and oxygen atoms in total. The minimum Gasteiger partial charge on any atom is -0.396 e. The molecule has 10 heterocycles. The molecule has 0 radical (unpaired) electrons. The maximum absolute atomic E-state index is 9.04. The van der Waals surface area contributed by atoms with E-state index >= 15 is 0 Å². The molecule has 86 heavy (non-hydrogen) atoms. The molecule has 10 saturated heterocycles. The van der Waals surface area contributed by atoms with E-state index in [1.165, 1.54) is 188 Å². The standard InChI is InChI=1S/4C8H15N.C7H10N2.C7H13NO.3C7H13N.C6H11NO/c1-7-4-8(7,2)6-9(3)5-7;1-8(2)6-4-9(3)5-7(6)8;1-9-5-7-3-2-4-8(7)6-9;1-9-6-5-8(7-9)3-2-4-8;1-9-3-6-5(2-8)7(6)4-9;1-8-2-5-6(3-8)7(5)4-9;1-5-6-3-8(2)4-7(5)6;1-8-4-6-2-3-7(6)5-8;1-8-5-4-7(6-8)2-3-7;1-7-2-4-5(3-7)6(4)8/h4-6H2,1-3H3;6-7H,4-5H2,1-3H3;7-8H,2-6H2,1H3;2-7H2,1H3;5-7H,3-4H2,1H3;5-7,9H,2-4H2,1H3;5-7H,3-4H2,1-2H3;6-7H,2-5H2,1H3;2-6H2,1H3;4-6,8H,2-3H2,1H3/t7-,8+;;;;5?,6-,7+;5-,6+,7?;5?,6-,7+;;;4-,5+,6?. The van der Waals surface area contributed by atoms with Crippen molar-refractivity contribution in [2.24, 2.45) is 128 Å². The molecule has 20 atom stereocenters. The maximum atomic E-state index is 9.04. The van der Waals surface area contributed by atoms with Gasteiger partial charge in [0, 0.05) is 136 Å². The molecule has 492 valence electrons. The maximum Gasteiger partial charge on any atom is 0.0662 e. The highest BCUT2D eigenvalue weighted by Gasteiger charge is 2.65. The van der Waals surface area contributed by atoms with Gasteiger partial charge in [-0.25, -0.2) is 0 Å². The lowest BCUT2D eigenvalue weighted by Gasteiger charge is -2.37. The lowest BCUT2D eigenvalue weighted by molar-refractivity contribution is 0.145. The first kappa shape index (κ1) is 66.5. The number of piperidine rings is 6. The van der Waals surface area contributed by atoms with E-state index in [9.17, 15) is 0 Å². The lowest BCUT2D eigenvalue weighted by Crippen LogP contribution is -2.31. The summed E-state index contributed by atoms with van der Waals surface area (Å²) in [4.78, 5) is 24.1. The van der Waals surface area contributed by atoms with E-state index in [0.717, 1.165) is 114 Å². The molecule has 2 spiro atoms. The van der Waals surface area contributed by atoms with Gasteiger partial charge in [0.1, 0.15) is 0 Å². The molecule has 10 unspecified atom stereocenters. The van der Waals surface area contributed by atoms with Gasteiger partial charge in [0.15, 0.2) is 0 Å². The number of rotatable bonds is 1. The van der Waals surface area contributed by atoms with E-state index in [2.05, 4.69) is 160 Å². The van der Waals surface area contributed by atoms with Crippen LogP contribution in [0.1, 0.15) is 118 Å². The van der Waals surface area contributed by atoms with Crippen LogP contribution in [0.25, 0.3) is 0 Å². The van der Waals surface area contributed by atoms with Crippen LogP contribution in [0.2, 0.25) is 0 Å². The average molecular weight is 1200 g/mol. The van der Waals surface area contributed by atoms with Crippen molar-refractivity contribution in [3.05, 3.63) is 0 Å². The molecule has 0 aromatic heterocycles. The van der Waals surface area contributed by atoms with Crippen molar-refractivity contribution in [1.82, 2.24) is 49.0 Å². The summed E-state index contributed by atoms with van der Waals surface area (Å²) >= 11 is 0. The van der Waals surface area contributed by atoms with Gasteiger partial charge in [0.05, 0.1) is 18.1 Å². The average Bonchev–Trinajstić information content (AvgIpc) is 1.56. The summed E-state index contributed by atoms with van der Waals surface area (Å²) in [7, 11) is 22.0. The highest BCUT2D eigenvalue weighted by molar-refractivity contribution is 5.16. The first-order valence-electron chi connectivity index (χ1n) is 36.3. The Balaban J connectivity index is 0.0000000993. The number of aliphatic hydroxyl groups is 2. The van der Waals surface area contributed by atoms with E-state index in [4.69, 9.17) is 15.5 Å². The topological polar surface area (TPSA) is 96.7 Å². The number of hydrogen-bond acceptors (Lipinski definition) is 13. The van der Waals surface area contributed by atoms with Gasteiger partial charge in [-0.1, -0.05) is 47.5 Å². The Kier molecular flexibility index (Phi) is 20.4. The molecular formula is C73H133N11O2. The molecule has 20 aliphatic rings. The van der Waals surface area contributed by atoms with E-state index in [0.29, 0.717) is 46.5 Å². The number of nitrogens with zero attached hydrogens (tertiary/aromatic N) is 11. The van der Waals surface area contributed by atoms with Crippen LogP contribution in [0.3, 0.4) is 0 Å². The molecule has 20 fully saturated rings. The number of likely N-dealkylation sites (tertiary alicyclic amines) is 10. The summed E-state index contributed by atoms with van der Waals surface area (Å²) < 4.78 is 0. The Bertz CT molecular complexity index is 2130. The van der Waals surface area contributed by atoms with E-state index in [-0.39, 0.29) is 6.10 Å². The van der Waals surface area contributed by atoms with Gasteiger partial charge in [0.2, 0.25) is 0 Å². The molecule has 20 rings (SSSR count). The second-order valence-electron chi connectivity index (χ2n) is 36.1. The predicted molar refractivity (Wildman–Crippen MR) is 354 cm³/mol. The number of aliphatic hydroxyl groups excluding tert-OH is 2. The van der Waals surface area contributed by atoms with Crippen molar-refractivity contribution in [2.45, 2.75) is 124 Å². The van der Waals surface area contributed by atoms with Crippen LogP contribution < -0.4 is 0 Å². The molecule has 13 heteroatoms. The van der Waals surface area contributed by atoms with Crippen molar-refractivity contribution in [1.29, 1.82) is 5.26 Å². The normalized spacial score (nSPS) is 46.7. The zero-order valence-corrected chi connectivity index (χ0v) is 58.2. The van der Waals surface area contributed by atoms with Crippen LogP contribution in [0, 0.1) is 139 Å². The third-order valence-corrected chi connectivity index (χ3v) is 28.3. The fraction of sp³-hybridized carbons (Fsp3) is 0.986. The van der Waals surface area contributed by atoms with Gasteiger partial charge in [-0.2, -0.15) is 5.26 Å². The second kappa shape index (κ2) is 26.4. The third kappa shape index (κ3) is 15.5. The largest absolute Gasteiger partial charge is 0.396 e. The fourth-order valence-corrected chi connectivity index (χ4v) is 21.1. The zero-order valence-electron chi connectivity index (χ0n) is 58.2. The molecule has 10 aliphatic heterocycles. The minimum atomic E-state index is 0.0613. The monoisotopic (exact) mass is 1200 g/mol. The summed E-state index contributed by atoms with van der Waals surface area (Å²) in [5.41, 5.74) is 3.75. The van der Waals surface area contributed by atoms with Gasteiger partial charge < -0.3 is 59.2 Å². The van der Waals surface area contributed by atoms with Crippen LogP contribution in [0.5, 0.6) is 0 Å². The quantitative estimate of drug-likeness (QED) is 0.267. The van der Waals surface area contributed by atoms with Crippen molar-refractivity contribution >= 4 is 0 Å². The van der Waals surface area contributed by atoms with E-state index in [1.807, 2.05) is 0 Å². The van der Waals surface area contributed by atoms with Crippen molar-refractivity contribution in [3.63, 3.8) is 0 Å². The Hall–Kier alpha value is -0.990. The summed E-state index contributed by atoms with van der Waals surface area (Å²) in [6, 6.07) is 2.33. The highest BCUT2D eigenvalue weighted by Crippen LogP contribution is 2.67. The Morgan fingerprint density at radius 2 is 0.779 bits per heavy atom. The van der Waals surface area contributed by atoms with Gasteiger partial charge in [0.25, 0.3) is 0 Å². The highest BCUT2D eigenvalue weighted by atomic mass is 16.3. The number of hydrogen-bond donors (Lipinski definition) is 2. The van der Waals surface area contributed by atoms with Crippen LogP contribution >= 0.6 is 0 Å². The lowest BCUT2D eigenvalue weighted by atomic mass is 9.68. The predicted octanol–water partition coefficient (Wildman–Crippen LogP) is 7.91. The fourth-order valence-electron chi connectivity index (χ4n) is 21.1. The number of nitriles is 1. The van der Waals surface area contributed by atoms with Crippen LogP contribution in [-0.4, -0.2) is 273 Å². The third-order valence-electron chi connectivity index (χ3n) is 28.3. The first-order valence-corrected chi connectivity index (χ1v) is 36.3. The molecule has 0 aromatic carbocycles. The van der Waals surface area contributed by atoms with E-state index < -0.39 is 0 Å². The number of fused-ring (bicyclic) bond motifs is 8. The van der Waals surface area contributed by atoms with Crippen molar-refractivity contribution < 1.29 is 10.2 Å². The van der Waals surface area contributed by atoms with Gasteiger partial charge in [-0.15, -0.1) is 0 Å². The smallest absolute Gasteiger partial charge is 0.0662 e. The Morgan fingerprint density at radius 1 is 0.407 bits per heavy atom. The van der Waals surface area contributed by atoms with Crippen LogP contribution in [-0.2, 0) is 0 Å². The SMILES string of the molecule is CC1[C@H]2CN(C)C[C@@H]12.CN1CC2C(C1)C2(C)C.CN1CC2CCC2C1.CN1CC2CCCC2C1.CN1CCC2(CC2)C1.CN1CCC2(CCC2)C1.CN1C[C@@H]2C(C#N)[C@@H]2C1.CN1C[C@@H]2C(CO)[C@@H]2C1.CN1C[C@@H]2C(O)[C@@H]2C1.CN1C[C@@]2(C)C[C@@]2(C)C1. The first-order chi connectivity index (χ1) is 40.7. The molecular weight excluding hydrogens is 1060 g/mol. The Labute approximate surface area is 528 Å². The van der Waals surface area contributed by atoms with Crippen LogP contribution in [0.4, 0.5) is 0 Å². The molecule has 0 bridgehead atoms. The van der Waals surface area contributed by atoms with Crippen molar-refractivity contribution in [3.8, 4) is 6.07 Å². The molecule has 0 amide bonds. The minimum absolute atomic E-state index is 0.0613. The van der Waals surface area contributed by atoms with Gasteiger partial charge in [-0.3, -0.25) is 0 Å². The van der Waals surface area contributed by atoms with Gasteiger partial charge >= 0.3 is 0 Å². The summed E-state index contributed by atoms with van der Waals surface area (Å²) in [6.07, 6.45) is 19.6. The van der Waals surface area contributed by atoms with E-state index in [1.54, 1.807) is 0 Å². The zero-order chi connectivity index (χ0) is 61.4. The van der Waals surface area contributed by atoms with Crippen molar-refractivity contribution in [2.75, 3.05) is 208 Å². The Morgan fingerprint density at radius 3 is 1.06 bits per heavy atom. The molecule has 10 saturated carbocycles. The second-order valence-corrected chi connectivity index (χ2v) is 36.1.